The Balaban J connectivity index is 1.22. The number of nitrogens with one attached hydrogen (secondary N) is 1. The summed E-state index contributed by atoms with van der Waals surface area (Å²) in [5.74, 6) is 1.34. The van der Waals surface area contributed by atoms with E-state index in [1.807, 2.05) is 40.7 Å². The van der Waals surface area contributed by atoms with Crippen molar-refractivity contribution in [2.24, 2.45) is 0 Å². The van der Waals surface area contributed by atoms with E-state index in [-0.39, 0.29) is 29.2 Å². The van der Waals surface area contributed by atoms with Gasteiger partial charge in [-0.2, -0.15) is 11.8 Å². The largest absolute Gasteiger partial charge is 0.333 e. The molecular weight excluding hydrogens is 515 g/mol. The van der Waals surface area contributed by atoms with E-state index < -0.39 is 11.4 Å². The van der Waals surface area contributed by atoms with Crippen LogP contribution in [-0.2, 0) is 6.54 Å². The van der Waals surface area contributed by atoms with Crippen LogP contribution in [0.4, 0.5) is 4.39 Å². The lowest BCUT2D eigenvalue weighted by molar-refractivity contribution is 0.274. The molecule has 4 aromatic rings. The Labute approximate surface area is 221 Å². The number of pyridine rings is 2. The van der Waals surface area contributed by atoms with Crippen LogP contribution in [-0.4, -0.2) is 41.1 Å². The van der Waals surface area contributed by atoms with Crippen LogP contribution in [0.3, 0.4) is 0 Å². The van der Waals surface area contributed by atoms with Crippen molar-refractivity contribution in [2.75, 3.05) is 11.5 Å². The van der Waals surface area contributed by atoms with Crippen LogP contribution in [0, 0.1) is 5.82 Å². The van der Waals surface area contributed by atoms with Crippen molar-refractivity contribution >= 4 is 40.0 Å². The second-order valence-corrected chi connectivity index (χ2v) is 11.6. The third kappa shape index (κ3) is 4.82. The molecule has 37 heavy (non-hydrogen) atoms. The molecule has 11 heteroatoms. The Morgan fingerprint density at radius 2 is 1.78 bits per heavy atom. The molecule has 5 heterocycles. The molecule has 1 aliphatic carbocycles. The fourth-order valence-corrected chi connectivity index (χ4v) is 6.94. The van der Waals surface area contributed by atoms with Gasteiger partial charge in [0.1, 0.15) is 17.1 Å². The maximum absolute atomic E-state index is 14.1. The highest BCUT2D eigenvalue weighted by Crippen LogP contribution is 2.30. The summed E-state index contributed by atoms with van der Waals surface area (Å²) in [6.45, 7) is 0.627. The van der Waals surface area contributed by atoms with Crippen LogP contribution in [0.5, 0.6) is 0 Å². The van der Waals surface area contributed by atoms with Gasteiger partial charge >= 0.3 is 5.69 Å². The molecule has 6 rings (SSSR count). The fourth-order valence-electron chi connectivity index (χ4n) is 5.69. The highest BCUT2D eigenvalue weighted by molar-refractivity contribution is 7.99. The molecule has 4 aromatic heterocycles. The van der Waals surface area contributed by atoms with Gasteiger partial charge in [-0.05, 0) is 68.2 Å². The molecule has 1 aliphatic heterocycles. The summed E-state index contributed by atoms with van der Waals surface area (Å²) in [6.07, 6.45) is 9.61. The molecule has 0 amide bonds. The van der Waals surface area contributed by atoms with Gasteiger partial charge in [-0.25, -0.2) is 19.2 Å². The summed E-state index contributed by atoms with van der Waals surface area (Å²) in [5.41, 5.74) is 1.33. The summed E-state index contributed by atoms with van der Waals surface area (Å²) in [4.78, 5) is 36.0. The molecule has 1 saturated carbocycles. The summed E-state index contributed by atoms with van der Waals surface area (Å²) in [7, 11) is 0. The predicted molar refractivity (Wildman–Crippen MR) is 144 cm³/mol. The van der Waals surface area contributed by atoms with Gasteiger partial charge in [0.2, 0.25) is 0 Å². The van der Waals surface area contributed by atoms with Gasteiger partial charge in [0.15, 0.2) is 0 Å². The van der Waals surface area contributed by atoms with Crippen molar-refractivity contribution < 1.29 is 4.39 Å². The molecular formula is C26H28ClFN6O2S. The Kier molecular flexibility index (Phi) is 6.81. The van der Waals surface area contributed by atoms with E-state index in [0.29, 0.717) is 30.1 Å². The van der Waals surface area contributed by atoms with E-state index in [4.69, 9.17) is 11.6 Å². The van der Waals surface area contributed by atoms with Crippen molar-refractivity contribution in [1.29, 1.82) is 0 Å². The normalized spacial score (nSPS) is 21.1. The van der Waals surface area contributed by atoms with Crippen LogP contribution >= 0.6 is 23.4 Å². The van der Waals surface area contributed by atoms with Gasteiger partial charge in [0, 0.05) is 37.1 Å². The first-order valence-corrected chi connectivity index (χ1v) is 14.3. The van der Waals surface area contributed by atoms with Gasteiger partial charge in [-0.1, -0.05) is 11.6 Å². The van der Waals surface area contributed by atoms with Crippen molar-refractivity contribution in [3.8, 4) is 0 Å². The minimum Gasteiger partial charge on any atom is -0.308 e. The molecule has 0 bridgehead atoms. The molecule has 0 aromatic carbocycles. The number of fused-ring (bicyclic) bond motifs is 2. The molecule has 0 radical (unpaired) electrons. The molecule has 0 atom stereocenters. The molecule has 0 unspecified atom stereocenters. The smallest absolute Gasteiger partial charge is 0.308 e. The highest BCUT2D eigenvalue weighted by atomic mass is 35.5. The van der Waals surface area contributed by atoms with Crippen LogP contribution in [0.25, 0.3) is 16.7 Å². The van der Waals surface area contributed by atoms with Crippen molar-refractivity contribution in [1.82, 2.24) is 28.8 Å². The molecule has 1 N–H and O–H groups in total. The van der Waals surface area contributed by atoms with Crippen LogP contribution < -0.4 is 16.6 Å². The van der Waals surface area contributed by atoms with Crippen LogP contribution in [0.1, 0.15) is 56.3 Å². The summed E-state index contributed by atoms with van der Waals surface area (Å²) < 4.78 is 19.1. The quantitative estimate of drug-likeness (QED) is 0.404. The third-order valence-electron chi connectivity index (χ3n) is 7.58. The zero-order valence-electron chi connectivity index (χ0n) is 20.3. The van der Waals surface area contributed by atoms with E-state index in [9.17, 15) is 14.0 Å². The zero-order valence-corrected chi connectivity index (χ0v) is 21.8. The monoisotopic (exact) mass is 542 g/mol. The number of hydrogen-bond acceptors (Lipinski definition) is 6. The molecule has 2 aliphatic rings. The number of imidazole rings is 1. The lowest BCUT2D eigenvalue weighted by atomic mass is 9.91. The number of nitrogens with zero attached hydrogens (tertiary/aromatic N) is 5. The minimum atomic E-state index is -0.567. The standard InChI is InChI=1S/C26H28ClFN6O2S/c27-16-1-6-23-31-19(15-32(23)14-16)13-29-18-2-4-20(5-3-18)34-25(35)22-11-17(28)12-30-24(22)33(26(34)36)21-7-9-37-10-8-21/h1,6,11-12,14-15,18,20-21,29H,2-5,7-10,13H2. The Morgan fingerprint density at radius 1 is 1.03 bits per heavy atom. The number of thioether (sulfide) groups is 1. The zero-order chi connectivity index (χ0) is 25.5. The summed E-state index contributed by atoms with van der Waals surface area (Å²) in [6, 6.07) is 4.95. The molecule has 0 spiro atoms. The molecule has 1 saturated heterocycles. The van der Waals surface area contributed by atoms with E-state index >= 15 is 0 Å². The molecule has 194 valence electrons. The van der Waals surface area contributed by atoms with Gasteiger partial charge in [-0.15, -0.1) is 0 Å². The predicted octanol–water partition coefficient (Wildman–Crippen LogP) is 4.34. The van der Waals surface area contributed by atoms with E-state index in [0.717, 1.165) is 54.7 Å². The molecule has 8 nitrogen and oxygen atoms in total. The molecule has 2 fully saturated rings. The first-order valence-electron chi connectivity index (χ1n) is 12.7. The highest BCUT2D eigenvalue weighted by Gasteiger charge is 2.29. The van der Waals surface area contributed by atoms with E-state index in [2.05, 4.69) is 15.3 Å². The maximum atomic E-state index is 14.1. The number of aromatic nitrogens is 5. The SMILES string of the molecule is O=c1c2cc(F)cnc2n(C2CCSCC2)c(=O)n1C1CCC(NCc2cn3cc(Cl)ccc3n2)CC1. The Morgan fingerprint density at radius 3 is 2.57 bits per heavy atom. The second-order valence-electron chi connectivity index (χ2n) is 9.93. The number of hydrogen-bond donors (Lipinski definition) is 1. The van der Waals surface area contributed by atoms with Gasteiger partial charge in [0.25, 0.3) is 5.56 Å². The Bertz CT molecular complexity index is 1570. The average Bonchev–Trinajstić information content (AvgIpc) is 3.31. The third-order valence-corrected chi connectivity index (χ3v) is 8.85. The fraction of sp³-hybridized carbons (Fsp3) is 0.462. The Hall–Kier alpha value is -2.69. The van der Waals surface area contributed by atoms with Gasteiger partial charge in [-0.3, -0.25) is 13.9 Å². The lowest BCUT2D eigenvalue weighted by Gasteiger charge is -2.31. The summed E-state index contributed by atoms with van der Waals surface area (Å²) in [5, 5.41) is 4.42. The lowest BCUT2D eigenvalue weighted by Crippen LogP contribution is -2.46. The maximum Gasteiger partial charge on any atom is 0.333 e. The first-order chi connectivity index (χ1) is 18.0. The van der Waals surface area contributed by atoms with Gasteiger partial charge in [0.05, 0.1) is 22.3 Å². The summed E-state index contributed by atoms with van der Waals surface area (Å²) >= 11 is 7.94. The van der Waals surface area contributed by atoms with Crippen molar-refractivity contribution in [3.05, 3.63) is 74.2 Å². The van der Waals surface area contributed by atoms with Crippen molar-refractivity contribution in [3.63, 3.8) is 0 Å². The van der Waals surface area contributed by atoms with E-state index in [1.54, 1.807) is 4.57 Å². The van der Waals surface area contributed by atoms with Crippen LogP contribution in [0.15, 0.2) is 46.4 Å². The minimum absolute atomic E-state index is 0.0284. The van der Waals surface area contributed by atoms with Crippen LogP contribution in [0.2, 0.25) is 5.02 Å². The first kappa shape index (κ1) is 24.6. The number of rotatable bonds is 5. The average molecular weight is 543 g/mol. The van der Waals surface area contributed by atoms with Gasteiger partial charge < -0.3 is 9.72 Å². The van der Waals surface area contributed by atoms with E-state index in [1.165, 1.54) is 10.6 Å². The second kappa shape index (κ2) is 10.2. The number of halogens is 2. The topological polar surface area (TPSA) is 86.2 Å². The van der Waals surface area contributed by atoms with Crippen molar-refractivity contribution in [2.45, 2.75) is 63.2 Å².